The SMILES string of the molecule is CC(C)(C)OC(=O)N1CCC(OC[C@H]2CO2)CC1. The van der Waals surface area contributed by atoms with Crippen molar-refractivity contribution in [1.29, 1.82) is 0 Å². The minimum Gasteiger partial charge on any atom is -0.444 e. The highest BCUT2D eigenvalue weighted by Gasteiger charge is 2.29. The molecule has 2 aliphatic rings. The number of hydrogen-bond acceptors (Lipinski definition) is 4. The van der Waals surface area contributed by atoms with E-state index in [0.29, 0.717) is 25.8 Å². The van der Waals surface area contributed by atoms with Gasteiger partial charge in [0.05, 0.1) is 19.3 Å². The lowest BCUT2D eigenvalue weighted by molar-refractivity contribution is -0.0147. The highest BCUT2D eigenvalue weighted by Crippen LogP contribution is 2.19. The van der Waals surface area contributed by atoms with Gasteiger partial charge in [0, 0.05) is 13.1 Å². The van der Waals surface area contributed by atoms with Gasteiger partial charge in [-0.05, 0) is 33.6 Å². The van der Waals surface area contributed by atoms with E-state index in [0.717, 1.165) is 19.4 Å². The molecular weight excluding hydrogens is 234 g/mol. The first kappa shape index (κ1) is 13.6. The fourth-order valence-electron chi connectivity index (χ4n) is 1.94. The Balaban J connectivity index is 1.67. The molecule has 0 aromatic carbocycles. The smallest absolute Gasteiger partial charge is 0.410 e. The van der Waals surface area contributed by atoms with Crippen LogP contribution in [0.3, 0.4) is 0 Å². The number of carbonyl (C=O) groups is 1. The van der Waals surface area contributed by atoms with Crippen molar-refractivity contribution in [3.63, 3.8) is 0 Å². The molecule has 2 heterocycles. The first-order chi connectivity index (χ1) is 8.44. The van der Waals surface area contributed by atoms with E-state index in [2.05, 4.69) is 0 Å². The summed E-state index contributed by atoms with van der Waals surface area (Å²) in [5.74, 6) is 0. The summed E-state index contributed by atoms with van der Waals surface area (Å²) in [5, 5.41) is 0. The molecule has 18 heavy (non-hydrogen) atoms. The van der Waals surface area contributed by atoms with Crippen LogP contribution in [0.1, 0.15) is 33.6 Å². The van der Waals surface area contributed by atoms with Crippen LogP contribution in [0.2, 0.25) is 0 Å². The molecule has 0 aromatic heterocycles. The maximum absolute atomic E-state index is 11.8. The van der Waals surface area contributed by atoms with Crippen LogP contribution in [-0.2, 0) is 14.2 Å². The summed E-state index contributed by atoms with van der Waals surface area (Å²) < 4.78 is 16.2. The highest BCUT2D eigenvalue weighted by molar-refractivity contribution is 5.68. The van der Waals surface area contributed by atoms with Gasteiger partial charge in [0.1, 0.15) is 11.7 Å². The zero-order valence-corrected chi connectivity index (χ0v) is 11.5. The molecule has 0 aromatic rings. The van der Waals surface area contributed by atoms with Gasteiger partial charge in [0.2, 0.25) is 0 Å². The summed E-state index contributed by atoms with van der Waals surface area (Å²) in [4.78, 5) is 13.6. The van der Waals surface area contributed by atoms with Crippen LogP contribution in [0.15, 0.2) is 0 Å². The summed E-state index contributed by atoms with van der Waals surface area (Å²) >= 11 is 0. The van der Waals surface area contributed by atoms with E-state index in [1.807, 2.05) is 20.8 Å². The minimum atomic E-state index is -0.423. The molecule has 0 N–H and O–H groups in total. The highest BCUT2D eigenvalue weighted by atomic mass is 16.6. The lowest BCUT2D eigenvalue weighted by Gasteiger charge is -2.33. The standard InChI is InChI=1S/C13H23NO4/c1-13(2,3)18-12(15)14-6-4-10(5-7-14)16-8-11-9-17-11/h10-11H,4-9H2,1-3H3/t11-/m0/s1. The third-order valence-electron chi connectivity index (χ3n) is 3.01. The van der Waals surface area contributed by atoms with Crippen molar-refractivity contribution in [1.82, 2.24) is 4.90 Å². The molecular formula is C13H23NO4. The maximum Gasteiger partial charge on any atom is 0.410 e. The number of amides is 1. The van der Waals surface area contributed by atoms with E-state index in [1.165, 1.54) is 0 Å². The number of epoxide rings is 1. The average Bonchev–Trinajstić information content (AvgIpc) is 3.08. The average molecular weight is 257 g/mol. The van der Waals surface area contributed by atoms with Gasteiger partial charge in [-0.25, -0.2) is 4.79 Å². The molecule has 5 heteroatoms. The van der Waals surface area contributed by atoms with Crippen molar-refractivity contribution < 1.29 is 19.0 Å². The summed E-state index contributed by atoms with van der Waals surface area (Å²) in [6.07, 6.45) is 2.12. The van der Waals surface area contributed by atoms with E-state index < -0.39 is 5.60 Å². The first-order valence-electron chi connectivity index (χ1n) is 6.65. The van der Waals surface area contributed by atoms with Crippen LogP contribution in [0.4, 0.5) is 4.79 Å². The molecule has 0 unspecified atom stereocenters. The number of rotatable bonds is 3. The van der Waals surface area contributed by atoms with E-state index in [1.54, 1.807) is 4.90 Å². The largest absolute Gasteiger partial charge is 0.444 e. The van der Waals surface area contributed by atoms with Gasteiger partial charge in [-0.2, -0.15) is 0 Å². The Morgan fingerprint density at radius 1 is 1.33 bits per heavy atom. The third kappa shape index (κ3) is 4.46. The Kier molecular flexibility index (Phi) is 4.12. The van der Waals surface area contributed by atoms with E-state index >= 15 is 0 Å². The van der Waals surface area contributed by atoms with Gasteiger partial charge >= 0.3 is 6.09 Å². The van der Waals surface area contributed by atoms with Gasteiger partial charge in [-0.3, -0.25) is 0 Å². The fraction of sp³-hybridized carbons (Fsp3) is 0.923. The van der Waals surface area contributed by atoms with Crippen LogP contribution in [-0.4, -0.2) is 55.1 Å². The Morgan fingerprint density at radius 2 is 1.94 bits per heavy atom. The van der Waals surface area contributed by atoms with Gasteiger partial charge in [0.25, 0.3) is 0 Å². The van der Waals surface area contributed by atoms with E-state index in [9.17, 15) is 4.79 Å². The predicted octanol–water partition coefficient (Wildman–Crippen LogP) is 1.80. The normalized spacial score (nSPS) is 25.1. The van der Waals surface area contributed by atoms with Crippen molar-refractivity contribution in [2.45, 2.75) is 51.4 Å². The second kappa shape index (κ2) is 5.45. The molecule has 0 aliphatic carbocycles. The zero-order valence-electron chi connectivity index (χ0n) is 11.5. The van der Waals surface area contributed by atoms with Crippen molar-refractivity contribution in [2.24, 2.45) is 0 Å². The molecule has 0 spiro atoms. The number of piperidine rings is 1. The zero-order chi connectivity index (χ0) is 13.2. The number of likely N-dealkylation sites (tertiary alicyclic amines) is 1. The van der Waals surface area contributed by atoms with Crippen LogP contribution < -0.4 is 0 Å². The second-order valence-corrected chi connectivity index (χ2v) is 5.96. The molecule has 5 nitrogen and oxygen atoms in total. The van der Waals surface area contributed by atoms with Crippen molar-refractivity contribution in [3.05, 3.63) is 0 Å². The van der Waals surface area contributed by atoms with Gasteiger partial charge in [-0.1, -0.05) is 0 Å². The molecule has 104 valence electrons. The molecule has 2 fully saturated rings. The lowest BCUT2D eigenvalue weighted by Crippen LogP contribution is -2.43. The van der Waals surface area contributed by atoms with E-state index in [4.69, 9.17) is 14.2 Å². The van der Waals surface area contributed by atoms with Crippen molar-refractivity contribution in [3.8, 4) is 0 Å². The van der Waals surface area contributed by atoms with Gasteiger partial charge in [-0.15, -0.1) is 0 Å². The Hall–Kier alpha value is -0.810. The molecule has 2 rings (SSSR count). The summed E-state index contributed by atoms with van der Waals surface area (Å²) in [6.45, 7) is 8.60. The number of ether oxygens (including phenoxy) is 3. The summed E-state index contributed by atoms with van der Waals surface area (Å²) in [5.41, 5.74) is -0.423. The maximum atomic E-state index is 11.8. The third-order valence-corrected chi connectivity index (χ3v) is 3.01. The molecule has 0 radical (unpaired) electrons. The number of hydrogen-bond donors (Lipinski definition) is 0. The number of carbonyl (C=O) groups excluding carboxylic acids is 1. The topological polar surface area (TPSA) is 51.3 Å². The molecule has 2 aliphatic heterocycles. The van der Waals surface area contributed by atoms with Crippen LogP contribution in [0, 0.1) is 0 Å². The molecule has 2 saturated heterocycles. The van der Waals surface area contributed by atoms with Gasteiger partial charge in [0.15, 0.2) is 0 Å². The Labute approximate surface area is 108 Å². The van der Waals surface area contributed by atoms with Crippen LogP contribution >= 0.6 is 0 Å². The fourth-order valence-corrected chi connectivity index (χ4v) is 1.94. The first-order valence-corrected chi connectivity index (χ1v) is 6.65. The van der Waals surface area contributed by atoms with Crippen molar-refractivity contribution >= 4 is 6.09 Å². The molecule has 0 bridgehead atoms. The monoisotopic (exact) mass is 257 g/mol. The second-order valence-electron chi connectivity index (χ2n) is 5.96. The van der Waals surface area contributed by atoms with Crippen molar-refractivity contribution in [2.75, 3.05) is 26.3 Å². The number of nitrogens with zero attached hydrogens (tertiary/aromatic N) is 1. The van der Waals surface area contributed by atoms with Crippen LogP contribution in [0.5, 0.6) is 0 Å². The predicted molar refractivity (Wildman–Crippen MR) is 66.5 cm³/mol. The molecule has 0 saturated carbocycles. The Bertz CT molecular complexity index is 288. The summed E-state index contributed by atoms with van der Waals surface area (Å²) in [6, 6.07) is 0. The van der Waals surface area contributed by atoms with Gasteiger partial charge < -0.3 is 19.1 Å². The lowest BCUT2D eigenvalue weighted by atomic mass is 10.1. The molecule has 1 atom stereocenters. The summed E-state index contributed by atoms with van der Waals surface area (Å²) in [7, 11) is 0. The minimum absolute atomic E-state index is 0.216. The van der Waals surface area contributed by atoms with Crippen LogP contribution in [0.25, 0.3) is 0 Å². The molecule has 1 amide bonds. The van der Waals surface area contributed by atoms with E-state index in [-0.39, 0.29) is 12.2 Å². The quantitative estimate of drug-likeness (QED) is 0.723. The Morgan fingerprint density at radius 3 is 2.44 bits per heavy atom.